The van der Waals surface area contributed by atoms with Crippen LogP contribution in [0.2, 0.25) is 5.02 Å². The van der Waals surface area contributed by atoms with E-state index in [1.165, 1.54) is 23.4 Å². The molecule has 0 saturated carbocycles. The Labute approximate surface area is 145 Å². The number of non-ortho nitro benzene ring substituents is 1. The van der Waals surface area contributed by atoms with Crippen LogP contribution in [0.15, 0.2) is 48.1 Å². The first kappa shape index (κ1) is 16.7. The van der Waals surface area contributed by atoms with Crippen LogP contribution in [0.4, 0.5) is 11.5 Å². The van der Waals surface area contributed by atoms with Crippen LogP contribution in [0.3, 0.4) is 0 Å². The summed E-state index contributed by atoms with van der Waals surface area (Å²) in [7, 11) is -4.21. The van der Waals surface area contributed by atoms with Crippen LogP contribution in [0, 0.1) is 10.1 Å². The van der Waals surface area contributed by atoms with E-state index in [-0.39, 0.29) is 16.7 Å². The predicted molar refractivity (Wildman–Crippen MR) is 85.9 cm³/mol. The van der Waals surface area contributed by atoms with E-state index < -0.39 is 25.5 Å². The molecule has 128 valence electrons. The summed E-state index contributed by atoms with van der Waals surface area (Å²) < 4.78 is 28.5. The number of nitro benzene ring substituents is 1. The lowest BCUT2D eigenvalue weighted by Gasteiger charge is -2.09. The van der Waals surface area contributed by atoms with Gasteiger partial charge in [-0.1, -0.05) is 11.6 Å². The van der Waals surface area contributed by atoms with Crippen LogP contribution in [0.5, 0.6) is 0 Å². The molecule has 3 rings (SSSR count). The molecule has 0 spiro atoms. The van der Waals surface area contributed by atoms with Crippen LogP contribution in [0.25, 0.3) is 5.82 Å². The van der Waals surface area contributed by atoms with E-state index in [9.17, 15) is 18.5 Å². The molecule has 25 heavy (non-hydrogen) atoms. The fourth-order valence-corrected chi connectivity index (χ4v) is 3.38. The Hall–Kier alpha value is -3.12. The first-order valence-electron chi connectivity index (χ1n) is 6.50. The molecule has 0 atom stereocenters. The molecule has 0 radical (unpaired) electrons. The fourth-order valence-electron chi connectivity index (χ4n) is 1.86. The molecule has 1 aromatic carbocycles. The number of hydrogen-bond donors (Lipinski definition) is 1. The van der Waals surface area contributed by atoms with Gasteiger partial charge in [-0.2, -0.15) is 5.10 Å². The third-order valence-electron chi connectivity index (χ3n) is 2.96. The zero-order valence-corrected chi connectivity index (χ0v) is 13.7. The summed E-state index contributed by atoms with van der Waals surface area (Å²) in [6.45, 7) is 0. The van der Waals surface area contributed by atoms with Crippen molar-refractivity contribution in [2.45, 2.75) is 4.90 Å². The maximum Gasteiger partial charge on any atom is 0.270 e. The maximum absolute atomic E-state index is 12.5. The van der Waals surface area contributed by atoms with Gasteiger partial charge in [-0.25, -0.2) is 28.1 Å². The average Bonchev–Trinajstić information content (AvgIpc) is 3.09. The van der Waals surface area contributed by atoms with Gasteiger partial charge in [0.1, 0.15) is 29.7 Å². The minimum absolute atomic E-state index is 0.0666. The molecule has 13 heteroatoms. The van der Waals surface area contributed by atoms with Gasteiger partial charge < -0.3 is 0 Å². The zero-order valence-electron chi connectivity index (χ0n) is 12.1. The molecule has 2 aromatic heterocycles. The fraction of sp³-hybridized carbons (Fsp3) is 0. The van der Waals surface area contributed by atoms with Crippen molar-refractivity contribution in [1.82, 2.24) is 24.7 Å². The highest BCUT2D eigenvalue weighted by Gasteiger charge is 2.22. The van der Waals surface area contributed by atoms with Crippen molar-refractivity contribution in [3.63, 3.8) is 0 Å². The number of nitro groups is 1. The van der Waals surface area contributed by atoms with Gasteiger partial charge in [-0.05, 0) is 6.07 Å². The predicted octanol–water partition coefficient (Wildman–Crippen LogP) is 1.42. The lowest BCUT2D eigenvalue weighted by Crippen LogP contribution is -2.15. The SMILES string of the molecule is O=[N+]([O-])c1ccc(Cl)c(S(=O)(=O)Nc2cc(-n3cncn3)ncn2)c1. The molecular weight excluding hydrogens is 374 g/mol. The number of benzene rings is 1. The Bertz CT molecular complexity index is 1040. The molecule has 0 aliphatic rings. The van der Waals surface area contributed by atoms with E-state index in [1.54, 1.807) is 0 Å². The van der Waals surface area contributed by atoms with Gasteiger partial charge in [-0.15, -0.1) is 0 Å². The molecule has 2 heterocycles. The van der Waals surface area contributed by atoms with Gasteiger partial charge in [0, 0.05) is 18.2 Å². The number of halogens is 1. The Kier molecular flexibility index (Phi) is 4.29. The third-order valence-corrected chi connectivity index (χ3v) is 4.80. The van der Waals surface area contributed by atoms with Crippen molar-refractivity contribution >= 4 is 33.1 Å². The van der Waals surface area contributed by atoms with Crippen molar-refractivity contribution in [3.8, 4) is 5.82 Å². The smallest absolute Gasteiger partial charge is 0.263 e. The summed E-state index contributed by atoms with van der Waals surface area (Å²) >= 11 is 5.87. The van der Waals surface area contributed by atoms with Gasteiger partial charge in [-0.3, -0.25) is 14.8 Å². The number of hydrogen-bond acceptors (Lipinski definition) is 8. The number of rotatable bonds is 5. The Morgan fingerprint density at radius 2 is 2.00 bits per heavy atom. The number of nitrogens with zero attached hydrogens (tertiary/aromatic N) is 6. The van der Waals surface area contributed by atoms with Crippen LogP contribution in [0.1, 0.15) is 0 Å². The number of sulfonamides is 1. The molecule has 11 nitrogen and oxygen atoms in total. The lowest BCUT2D eigenvalue weighted by atomic mass is 10.3. The normalized spacial score (nSPS) is 11.2. The second kappa shape index (κ2) is 6.41. The summed E-state index contributed by atoms with van der Waals surface area (Å²) in [6, 6.07) is 4.42. The summed E-state index contributed by atoms with van der Waals surface area (Å²) in [5, 5.41) is 14.5. The van der Waals surface area contributed by atoms with E-state index in [1.807, 2.05) is 0 Å². The first-order valence-corrected chi connectivity index (χ1v) is 8.37. The Morgan fingerprint density at radius 3 is 2.68 bits per heavy atom. The monoisotopic (exact) mass is 381 g/mol. The summed E-state index contributed by atoms with van der Waals surface area (Å²) in [4.78, 5) is 21.2. The summed E-state index contributed by atoms with van der Waals surface area (Å²) in [6.07, 6.45) is 3.79. The van der Waals surface area contributed by atoms with Gasteiger partial charge in [0.15, 0.2) is 5.82 Å². The Morgan fingerprint density at radius 1 is 1.20 bits per heavy atom. The summed E-state index contributed by atoms with van der Waals surface area (Å²) in [5.41, 5.74) is -0.407. The molecule has 0 unspecified atom stereocenters. The molecule has 0 aliphatic heterocycles. The highest BCUT2D eigenvalue weighted by molar-refractivity contribution is 7.92. The maximum atomic E-state index is 12.5. The molecule has 1 N–H and O–H groups in total. The molecule has 0 saturated heterocycles. The molecular formula is C12H8ClN7O4S. The van der Waals surface area contributed by atoms with Crippen LogP contribution >= 0.6 is 11.6 Å². The second-order valence-electron chi connectivity index (χ2n) is 4.58. The number of nitrogens with one attached hydrogen (secondary N) is 1. The largest absolute Gasteiger partial charge is 0.270 e. The molecule has 0 amide bonds. The minimum Gasteiger partial charge on any atom is -0.263 e. The van der Waals surface area contributed by atoms with E-state index in [4.69, 9.17) is 11.6 Å². The van der Waals surface area contributed by atoms with Gasteiger partial charge >= 0.3 is 0 Å². The molecule has 0 fully saturated rings. The third kappa shape index (κ3) is 3.54. The molecule has 0 bridgehead atoms. The number of anilines is 1. The average molecular weight is 382 g/mol. The van der Waals surface area contributed by atoms with Crippen LogP contribution in [-0.2, 0) is 10.0 Å². The molecule has 3 aromatic rings. The van der Waals surface area contributed by atoms with E-state index in [2.05, 4.69) is 24.8 Å². The van der Waals surface area contributed by atoms with Crippen molar-refractivity contribution in [1.29, 1.82) is 0 Å². The molecule has 0 aliphatic carbocycles. The summed E-state index contributed by atoms with van der Waals surface area (Å²) in [5.74, 6) is 0.207. The van der Waals surface area contributed by atoms with Gasteiger partial charge in [0.2, 0.25) is 0 Å². The van der Waals surface area contributed by atoms with Crippen molar-refractivity contribution in [2.75, 3.05) is 4.72 Å². The second-order valence-corrected chi connectivity index (χ2v) is 6.64. The van der Waals surface area contributed by atoms with Crippen LogP contribution < -0.4 is 4.72 Å². The van der Waals surface area contributed by atoms with Crippen molar-refractivity contribution in [3.05, 3.63) is 58.4 Å². The highest BCUT2D eigenvalue weighted by atomic mass is 35.5. The lowest BCUT2D eigenvalue weighted by molar-refractivity contribution is -0.385. The topological polar surface area (TPSA) is 146 Å². The van der Waals surface area contributed by atoms with E-state index in [0.29, 0.717) is 0 Å². The van der Waals surface area contributed by atoms with Gasteiger partial charge in [0.25, 0.3) is 15.7 Å². The minimum atomic E-state index is -4.21. The van der Waals surface area contributed by atoms with Crippen molar-refractivity contribution < 1.29 is 13.3 Å². The van der Waals surface area contributed by atoms with Crippen molar-refractivity contribution in [2.24, 2.45) is 0 Å². The highest BCUT2D eigenvalue weighted by Crippen LogP contribution is 2.27. The quantitative estimate of drug-likeness (QED) is 0.515. The first-order chi connectivity index (χ1) is 11.9. The van der Waals surface area contributed by atoms with E-state index >= 15 is 0 Å². The number of aromatic nitrogens is 5. The standard InChI is InChI=1S/C12H8ClN7O4S/c13-9-2-1-8(20(21)22)3-10(9)25(23,24)18-11-4-12(16-6-15-11)19-7-14-5-17-19/h1-7H,(H,15,16,18). The van der Waals surface area contributed by atoms with E-state index in [0.717, 1.165) is 24.5 Å². The zero-order chi connectivity index (χ0) is 18.0. The van der Waals surface area contributed by atoms with Gasteiger partial charge in [0.05, 0.1) is 9.95 Å². The Balaban J connectivity index is 1.96. The van der Waals surface area contributed by atoms with Crippen LogP contribution in [-0.4, -0.2) is 38.1 Å².